The number of alkyl halides is 2. The Bertz CT molecular complexity index is 445. The molecule has 0 aliphatic carbocycles. The number of thioether (sulfide) groups is 1. The minimum Gasteiger partial charge on any atom is -0.463 e. The predicted molar refractivity (Wildman–Crippen MR) is 65.4 cm³/mol. The highest BCUT2D eigenvalue weighted by molar-refractivity contribution is 7.98. The second kappa shape index (κ2) is 6.02. The Morgan fingerprint density at radius 1 is 1.41 bits per heavy atom. The lowest BCUT2D eigenvalue weighted by Crippen LogP contribution is -1.96. The van der Waals surface area contributed by atoms with Crippen LogP contribution in [0.15, 0.2) is 28.1 Å². The average Bonchev–Trinajstić information content (AvgIpc) is 2.95. The van der Waals surface area contributed by atoms with Gasteiger partial charge in [-0.05, 0) is 12.1 Å². The Balaban J connectivity index is 1.81. The Morgan fingerprint density at radius 2 is 2.24 bits per heavy atom. The summed E-state index contributed by atoms with van der Waals surface area (Å²) in [5.74, 6) is -0.900. The number of thiazole rings is 1. The van der Waals surface area contributed by atoms with Crippen LogP contribution in [0.5, 0.6) is 0 Å². The number of rotatable bonds is 6. The van der Waals surface area contributed by atoms with Crippen LogP contribution in [0.2, 0.25) is 0 Å². The van der Waals surface area contributed by atoms with Gasteiger partial charge in [-0.25, -0.2) is 4.98 Å². The molecule has 17 heavy (non-hydrogen) atoms. The van der Waals surface area contributed by atoms with Crippen molar-refractivity contribution in [3.05, 3.63) is 35.2 Å². The molecule has 0 saturated heterocycles. The van der Waals surface area contributed by atoms with Crippen molar-refractivity contribution in [3.8, 4) is 0 Å². The van der Waals surface area contributed by atoms with Gasteiger partial charge in [0, 0.05) is 11.6 Å². The van der Waals surface area contributed by atoms with Crippen LogP contribution >= 0.6 is 23.1 Å². The standard InChI is InChI=1S/C10H10F2N2OS2/c11-9(12)17-6-8-2-1-7(15-8)5-14-10-13-3-4-16-10/h1-4,9H,5-6H2,(H,13,14). The Labute approximate surface area is 105 Å². The molecular weight excluding hydrogens is 266 g/mol. The molecular formula is C10H10F2N2OS2. The number of hydrogen-bond donors (Lipinski definition) is 1. The fourth-order valence-electron chi connectivity index (χ4n) is 1.21. The van der Waals surface area contributed by atoms with Gasteiger partial charge in [0.1, 0.15) is 11.5 Å². The van der Waals surface area contributed by atoms with Gasteiger partial charge in [-0.2, -0.15) is 8.78 Å². The van der Waals surface area contributed by atoms with Crippen molar-refractivity contribution in [2.45, 2.75) is 18.1 Å². The van der Waals surface area contributed by atoms with Gasteiger partial charge in [0.05, 0.1) is 12.3 Å². The lowest BCUT2D eigenvalue weighted by molar-refractivity contribution is 0.251. The van der Waals surface area contributed by atoms with Crippen LogP contribution in [-0.4, -0.2) is 10.7 Å². The minimum absolute atomic E-state index is 0.189. The molecule has 0 aromatic carbocycles. The van der Waals surface area contributed by atoms with Gasteiger partial charge in [0.15, 0.2) is 5.13 Å². The number of nitrogens with one attached hydrogen (secondary N) is 1. The monoisotopic (exact) mass is 276 g/mol. The third kappa shape index (κ3) is 4.01. The van der Waals surface area contributed by atoms with E-state index < -0.39 is 5.76 Å². The fraction of sp³-hybridized carbons (Fsp3) is 0.300. The lowest BCUT2D eigenvalue weighted by Gasteiger charge is -1.99. The van der Waals surface area contributed by atoms with Gasteiger partial charge in [-0.3, -0.25) is 0 Å². The molecule has 0 bridgehead atoms. The first-order valence-electron chi connectivity index (χ1n) is 4.85. The number of nitrogens with zero attached hydrogens (tertiary/aromatic N) is 1. The molecule has 1 N–H and O–H groups in total. The first-order valence-corrected chi connectivity index (χ1v) is 6.77. The van der Waals surface area contributed by atoms with E-state index >= 15 is 0 Å². The van der Waals surface area contributed by atoms with E-state index in [1.165, 1.54) is 11.3 Å². The Kier molecular flexibility index (Phi) is 4.38. The van der Waals surface area contributed by atoms with Gasteiger partial charge in [-0.15, -0.1) is 11.3 Å². The van der Waals surface area contributed by atoms with Crippen LogP contribution in [0.1, 0.15) is 11.5 Å². The molecule has 0 aliphatic rings. The van der Waals surface area contributed by atoms with E-state index in [1.807, 2.05) is 5.38 Å². The Morgan fingerprint density at radius 3 is 2.94 bits per heavy atom. The normalized spacial score (nSPS) is 11.0. The van der Waals surface area contributed by atoms with Crippen molar-refractivity contribution in [1.82, 2.24) is 4.98 Å². The fourth-order valence-corrected chi connectivity index (χ4v) is 2.19. The summed E-state index contributed by atoms with van der Waals surface area (Å²) in [6.07, 6.45) is 1.71. The Hall–Kier alpha value is -1.08. The number of halogens is 2. The van der Waals surface area contributed by atoms with Gasteiger partial charge in [0.25, 0.3) is 5.76 Å². The molecule has 0 fully saturated rings. The van der Waals surface area contributed by atoms with Crippen LogP contribution in [0.4, 0.5) is 13.9 Å². The predicted octanol–water partition coefficient (Wildman–Crippen LogP) is 3.80. The van der Waals surface area contributed by atoms with E-state index in [-0.39, 0.29) is 5.75 Å². The molecule has 0 aliphatic heterocycles. The summed E-state index contributed by atoms with van der Waals surface area (Å²) >= 11 is 2.05. The highest BCUT2D eigenvalue weighted by Crippen LogP contribution is 2.21. The molecule has 7 heteroatoms. The maximum atomic E-state index is 12.0. The van der Waals surface area contributed by atoms with Crippen molar-refractivity contribution in [2.75, 3.05) is 5.32 Å². The van der Waals surface area contributed by atoms with Crippen molar-refractivity contribution in [1.29, 1.82) is 0 Å². The molecule has 0 unspecified atom stereocenters. The first-order chi connectivity index (χ1) is 8.24. The largest absolute Gasteiger partial charge is 0.463 e. The molecule has 2 rings (SSSR count). The average molecular weight is 276 g/mol. The second-order valence-electron chi connectivity index (χ2n) is 3.13. The maximum absolute atomic E-state index is 12.0. The van der Waals surface area contributed by atoms with Crippen molar-refractivity contribution < 1.29 is 13.2 Å². The zero-order valence-electron chi connectivity index (χ0n) is 8.73. The smallest absolute Gasteiger partial charge is 0.284 e. The zero-order valence-corrected chi connectivity index (χ0v) is 10.4. The third-order valence-corrected chi connectivity index (χ3v) is 3.35. The van der Waals surface area contributed by atoms with E-state index in [9.17, 15) is 8.78 Å². The highest BCUT2D eigenvalue weighted by Gasteiger charge is 2.07. The van der Waals surface area contributed by atoms with E-state index in [0.717, 1.165) is 5.13 Å². The summed E-state index contributed by atoms with van der Waals surface area (Å²) in [4.78, 5) is 4.06. The lowest BCUT2D eigenvalue weighted by atomic mass is 10.4. The summed E-state index contributed by atoms with van der Waals surface area (Å²) in [5.41, 5.74) is 0. The van der Waals surface area contributed by atoms with E-state index in [1.54, 1.807) is 18.3 Å². The molecule has 0 atom stereocenters. The van der Waals surface area contributed by atoms with Crippen LogP contribution < -0.4 is 5.32 Å². The van der Waals surface area contributed by atoms with Gasteiger partial charge >= 0.3 is 0 Å². The van der Waals surface area contributed by atoms with E-state index in [0.29, 0.717) is 29.8 Å². The highest BCUT2D eigenvalue weighted by atomic mass is 32.2. The third-order valence-electron chi connectivity index (χ3n) is 1.92. The SMILES string of the molecule is FC(F)SCc1ccc(CNc2nccs2)o1. The number of aromatic nitrogens is 1. The second-order valence-corrected chi connectivity index (χ2v) is 5.00. The zero-order chi connectivity index (χ0) is 12.1. The van der Waals surface area contributed by atoms with Gasteiger partial charge in [-0.1, -0.05) is 11.8 Å². The summed E-state index contributed by atoms with van der Waals surface area (Å²) < 4.78 is 29.3. The van der Waals surface area contributed by atoms with Crippen molar-refractivity contribution >= 4 is 28.2 Å². The first kappa shape index (κ1) is 12.4. The molecule has 3 nitrogen and oxygen atoms in total. The summed E-state index contributed by atoms with van der Waals surface area (Å²) in [7, 11) is 0. The topological polar surface area (TPSA) is 38.1 Å². The van der Waals surface area contributed by atoms with Crippen LogP contribution in [0, 0.1) is 0 Å². The molecule has 0 amide bonds. The van der Waals surface area contributed by atoms with Crippen LogP contribution in [0.25, 0.3) is 0 Å². The van der Waals surface area contributed by atoms with E-state index in [2.05, 4.69) is 10.3 Å². The molecule has 2 aromatic rings. The van der Waals surface area contributed by atoms with Gasteiger partial charge in [0.2, 0.25) is 0 Å². The molecule has 2 heterocycles. The molecule has 2 aromatic heterocycles. The van der Waals surface area contributed by atoms with Crippen molar-refractivity contribution in [2.24, 2.45) is 0 Å². The minimum atomic E-state index is -2.36. The summed E-state index contributed by atoms with van der Waals surface area (Å²) in [6, 6.07) is 3.50. The number of anilines is 1. The molecule has 0 saturated carbocycles. The molecule has 0 radical (unpaired) electrons. The van der Waals surface area contributed by atoms with Crippen molar-refractivity contribution in [3.63, 3.8) is 0 Å². The van der Waals surface area contributed by atoms with E-state index in [4.69, 9.17) is 4.42 Å². The molecule has 0 spiro atoms. The van der Waals surface area contributed by atoms with Gasteiger partial charge < -0.3 is 9.73 Å². The van der Waals surface area contributed by atoms with Crippen LogP contribution in [0.3, 0.4) is 0 Å². The summed E-state index contributed by atoms with van der Waals surface area (Å²) in [5, 5.41) is 5.76. The maximum Gasteiger partial charge on any atom is 0.284 e. The molecule has 92 valence electrons. The summed E-state index contributed by atoms with van der Waals surface area (Å²) in [6.45, 7) is 0.507. The number of furan rings is 1. The van der Waals surface area contributed by atoms with Crippen LogP contribution in [-0.2, 0) is 12.3 Å². The quantitative estimate of drug-likeness (QED) is 0.870. The number of hydrogen-bond acceptors (Lipinski definition) is 5.